The topological polar surface area (TPSA) is 23.6 Å². The molecule has 2 saturated heterocycles. The van der Waals surface area contributed by atoms with E-state index < -0.39 is 0 Å². The van der Waals surface area contributed by atoms with E-state index in [2.05, 4.69) is 16.7 Å². The van der Waals surface area contributed by atoms with Crippen molar-refractivity contribution in [2.75, 3.05) is 19.6 Å². The van der Waals surface area contributed by atoms with Gasteiger partial charge in [0.1, 0.15) is 0 Å². The molecule has 0 spiro atoms. The first-order valence-electron chi connectivity index (χ1n) is 8.50. The van der Waals surface area contributed by atoms with Crippen LogP contribution < -0.4 is 0 Å². The molecule has 2 heterocycles. The van der Waals surface area contributed by atoms with Gasteiger partial charge in [0, 0.05) is 19.6 Å². The molecule has 0 aliphatic carbocycles. The lowest BCUT2D eigenvalue weighted by Crippen LogP contribution is -2.62. The van der Waals surface area contributed by atoms with Gasteiger partial charge in [-0.05, 0) is 56.7 Å². The summed E-state index contributed by atoms with van der Waals surface area (Å²) in [5, 5.41) is 1.04. The molecule has 0 aromatic heterocycles. The first kappa shape index (κ1) is 19.8. The van der Waals surface area contributed by atoms with Gasteiger partial charge in [-0.2, -0.15) is 0 Å². The van der Waals surface area contributed by atoms with E-state index in [4.69, 9.17) is 23.2 Å². The number of amides is 1. The van der Waals surface area contributed by atoms with E-state index in [1.54, 1.807) is 12.1 Å². The predicted octanol–water partition coefficient (Wildman–Crippen LogP) is 4.78. The Hall–Kier alpha value is -0.480. The molecule has 2 fully saturated rings. The fourth-order valence-corrected chi connectivity index (χ4v) is 4.27. The third-order valence-corrected chi connectivity index (χ3v) is 6.03. The van der Waals surface area contributed by atoms with Crippen molar-refractivity contribution in [1.82, 2.24) is 9.80 Å². The summed E-state index contributed by atoms with van der Waals surface area (Å²) >= 11 is 12.0. The van der Waals surface area contributed by atoms with E-state index in [9.17, 15) is 4.79 Å². The van der Waals surface area contributed by atoms with Gasteiger partial charge in [-0.25, -0.2) is 0 Å². The van der Waals surface area contributed by atoms with Gasteiger partial charge >= 0.3 is 0 Å². The summed E-state index contributed by atoms with van der Waals surface area (Å²) in [6.07, 6.45) is 6.23. The maximum absolute atomic E-state index is 13.0. The Labute approximate surface area is 160 Å². The van der Waals surface area contributed by atoms with Crippen LogP contribution in [0.4, 0.5) is 0 Å². The van der Waals surface area contributed by atoms with Gasteiger partial charge in [0.25, 0.3) is 0 Å². The second-order valence-electron chi connectivity index (χ2n) is 6.84. The minimum atomic E-state index is -0.123. The first-order chi connectivity index (χ1) is 11.0. The van der Waals surface area contributed by atoms with E-state index in [0.717, 1.165) is 38.0 Å². The second kappa shape index (κ2) is 8.27. The summed E-state index contributed by atoms with van der Waals surface area (Å²) in [5.41, 5.74) is 0.806. The van der Waals surface area contributed by atoms with Crippen molar-refractivity contribution in [1.29, 1.82) is 0 Å². The summed E-state index contributed by atoms with van der Waals surface area (Å²) < 4.78 is 0. The molecule has 0 bridgehead atoms. The van der Waals surface area contributed by atoms with Crippen molar-refractivity contribution in [2.45, 2.75) is 51.1 Å². The second-order valence-corrected chi connectivity index (χ2v) is 7.65. The molecule has 2 aliphatic rings. The van der Waals surface area contributed by atoms with Crippen molar-refractivity contribution in [3.8, 4) is 0 Å². The fraction of sp³-hybridized carbons (Fsp3) is 0.611. The van der Waals surface area contributed by atoms with Gasteiger partial charge in [0.05, 0.1) is 22.1 Å². The van der Waals surface area contributed by atoms with Gasteiger partial charge in [0.15, 0.2) is 0 Å². The van der Waals surface area contributed by atoms with Crippen molar-refractivity contribution >= 4 is 41.5 Å². The van der Waals surface area contributed by atoms with Crippen LogP contribution in [0.5, 0.6) is 0 Å². The number of nitrogens with zero attached hydrogens (tertiary/aromatic N) is 2. The Balaban J connectivity index is 0.00000208. The fourth-order valence-electron chi connectivity index (χ4n) is 3.95. The van der Waals surface area contributed by atoms with Crippen molar-refractivity contribution in [3.63, 3.8) is 0 Å². The lowest BCUT2D eigenvalue weighted by atomic mass is 9.94. The molecule has 1 amide bonds. The largest absolute Gasteiger partial charge is 0.324 e. The zero-order chi connectivity index (χ0) is 16.4. The highest BCUT2D eigenvalue weighted by Crippen LogP contribution is 2.34. The quantitative estimate of drug-likeness (QED) is 0.740. The summed E-state index contributed by atoms with van der Waals surface area (Å²) in [4.78, 5) is 17.6. The summed E-state index contributed by atoms with van der Waals surface area (Å²) in [6, 6.07) is 5.46. The van der Waals surface area contributed by atoms with Gasteiger partial charge in [-0.3, -0.25) is 9.69 Å². The summed E-state index contributed by atoms with van der Waals surface area (Å²) in [5.74, 6) is 0.192. The number of hydrogen-bond acceptors (Lipinski definition) is 2. The van der Waals surface area contributed by atoms with Crippen LogP contribution >= 0.6 is 35.6 Å². The highest BCUT2D eigenvalue weighted by atomic mass is 35.5. The molecular formula is C18H25Cl3N2O. The molecule has 0 N–H and O–H groups in total. The third-order valence-electron chi connectivity index (χ3n) is 5.29. The number of rotatable bonds is 3. The number of hydrogen-bond donors (Lipinski definition) is 0. The molecule has 3 nitrogen and oxygen atoms in total. The Kier molecular flexibility index (Phi) is 6.83. The van der Waals surface area contributed by atoms with Gasteiger partial charge in [0.2, 0.25) is 5.91 Å². The van der Waals surface area contributed by atoms with Gasteiger partial charge in [-0.15, -0.1) is 12.4 Å². The average Bonchev–Trinajstić information content (AvgIpc) is 3.06. The molecule has 1 aromatic carbocycles. The molecule has 1 atom stereocenters. The number of carbonyl (C=O) groups is 1. The van der Waals surface area contributed by atoms with Gasteiger partial charge < -0.3 is 4.90 Å². The van der Waals surface area contributed by atoms with Crippen LogP contribution in [-0.2, 0) is 11.2 Å². The first-order valence-corrected chi connectivity index (χ1v) is 9.26. The normalized spacial score (nSPS) is 24.7. The van der Waals surface area contributed by atoms with Crippen LogP contribution in [-0.4, -0.2) is 41.0 Å². The molecule has 1 aromatic rings. The van der Waals surface area contributed by atoms with E-state index in [-0.39, 0.29) is 24.0 Å². The zero-order valence-electron chi connectivity index (χ0n) is 14.1. The molecule has 1 unspecified atom stereocenters. The van der Waals surface area contributed by atoms with Crippen LogP contribution in [0.25, 0.3) is 0 Å². The van der Waals surface area contributed by atoms with Crippen LogP contribution in [0, 0.1) is 0 Å². The Morgan fingerprint density at radius 3 is 2.42 bits per heavy atom. The molecule has 134 valence electrons. The lowest BCUT2D eigenvalue weighted by Gasteiger charge is -2.50. The Morgan fingerprint density at radius 1 is 1.08 bits per heavy atom. The third kappa shape index (κ3) is 4.01. The average molecular weight is 392 g/mol. The highest BCUT2D eigenvalue weighted by Gasteiger charge is 2.42. The van der Waals surface area contributed by atoms with Crippen molar-refractivity contribution in [2.24, 2.45) is 0 Å². The van der Waals surface area contributed by atoms with Gasteiger partial charge in [-0.1, -0.05) is 29.3 Å². The maximum Gasteiger partial charge on any atom is 0.228 e. The molecule has 6 heteroatoms. The maximum atomic E-state index is 13.0. The molecular weight excluding hydrogens is 367 g/mol. The molecule has 2 aliphatic heterocycles. The van der Waals surface area contributed by atoms with Crippen LogP contribution in [0.15, 0.2) is 18.2 Å². The number of carbonyl (C=O) groups excluding carboxylic acids is 1. The molecule has 3 rings (SSSR count). The highest BCUT2D eigenvalue weighted by molar-refractivity contribution is 6.42. The van der Waals surface area contributed by atoms with Crippen LogP contribution in [0.2, 0.25) is 10.0 Å². The molecule has 0 saturated carbocycles. The minimum Gasteiger partial charge on any atom is -0.324 e. The van der Waals surface area contributed by atoms with E-state index in [1.165, 1.54) is 19.3 Å². The number of halogens is 3. The Bertz CT molecular complexity index is 590. The standard InChI is InChI=1S/C18H24Cl2N2O.ClH/c1-18(21-9-4-5-10-21)8-2-3-11-22(18)17(23)13-14-6-7-15(19)16(20)12-14;/h6-7,12H,2-5,8-11,13H2,1H3;1H. The lowest BCUT2D eigenvalue weighted by molar-refractivity contribution is -0.149. The van der Waals surface area contributed by atoms with E-state index in [0.29, 0.717) is 16.5 Å². The molecule has 0 radical (unpaired) electrons. The molecule has 24 heavy (non-hydrogen) atoms. The monoisotopic (exact) mass is 390 g/mol. The van der Waals surface area contributed by atoms with Crippen LogP contribution in [0.3, 0.4) is 0 Å². The number of likely N-dealkylation sites (tertiary alicyclic amines) is 2. The van der Waals surface area contributed by atoms with E-state index >= 15 is 0 Å². The summed E-state index contributed by atoms with van der Waals surface area (Å²) in [7, 11) is 0. The van der Waals surface area contributed by atoms with Crippen LogP contribution in [0.1, 0.15) is 44.6 Å². The Morgan fingerprint density at radius 2 is 1.75 bits per heavy atom. The zero-order valence-corrected chi connectivity index (χ0v) is 16.4. The van der Waals surface area contributed by atoms with E-state index in [1.807, 2.05) is 6.07 Å². The van der Waals surface area contributed by atoms with Crippen molar-refractivity contribution in [3.05, 3.63) is 33.8 Å². The smallest absolute Gasteiger partial charge is 0.228 e. The SMILES string of the molecule is CC1(N2CCCC2)CCCCN1C(=O)Cc1ccc(Cl)c(Cl)c1.Cl. The predicted molar refractivity (Wildman–Crippen MR) is 102 cm³/mol. The minimum absolute atomic E-state index is 0. The number of piperidine rings is 1. The summed E-state index contributed by atoms with van der Waals surface area (Å²) in [6.45, 7) is 5.30. The van der Waals surface area contributed by atoms with Crippen molar-refractivity contribution < 1.29 is 4.79 Å². The number of benzene rings is 1.